The van der Waals surface area contributed by atoms with Crippen molar-refractivity contribution >= 4 is 16.3 Å². The summed E-state index contributed by atoms with van der Waals surface area (Å²) in [4.78, 5) is 8.80. The Hall–Kier alpha value is -1.92. The van der Waals surface area contributed by atoms with Gasteiger partial charge < -0.3 is 5.11 Å². The van der Waals surface area contributed by atoms with Crippen LogP contribution in [-0.2, 0) is 12.8 Å². The highest BCUT2D eigenvalue weighted by Crippen LogP contribution is 2.41. The molecule has 4 rings (SSSR count). The molecule has 0 aliphatic carbocycles. The van der Waals surface area contributed by atoms with Gasteiger partial charge in [-0.15, -0.1) is 5.10 Å². The zero-order chi connectivity index (χ0) is 19.0. The van der Waals surface area contributed by atoms with E-state index in [1.54, 1.807) is 15.9 Å². The van der Waals surface area contributed by atoms with Gasteiger partial charge in [-0.2, -0.15) is 4.52 Å². The predicted molar refractivity (Wildman–Crippen MR) is 110 cm³/mol. The van der Waals surface area contributed by atoms with E-state index in [-0.39, 0.29) is 11.9 Å². The first-order valence-corrected chi connectivity index (χ1v) is 10.8. The fraction of sp³-hybridized carbons (Fsp3) is 0.524. The molecule has 1 aliphatic rings. The van der Waals surface area contributed by atoms with Gasteiger partial charge >= 0.3 is 0 Å². The van der Waals surface area contributed by atoms with Crippen molar-refractivity contribution < 1.29 is 5.11 Å². The lowest BCUT2D eigenvalue weighted by Crippen LogP contribution is -2.36. The Labute approximate surface area is 164 Å². The first kappa shape index (κ1) is 18.4. The van der Waals surface area contributed by atoms with E-state index in [0.29, 0.717) is 0 Å². The molecular weight excluding hydrogens is 356 g/mol. The Balaban J connectivity index is 1.77. The van der Waals surface area contributed by atoms with Crippen LogP contribution in [0.1, 0.15) is 61.5 Å². The minimum absolute atomic E-state index is 0.0574. The number of thiazole rings is 1. The van der Waals surface area contributed by atoms with E-state index >= 15 is 0 Å². The Morgan fingerprint density at radius 1 is 1.15 bits per heavy atom. The average Bonchev–Trinajstić information content (AvgIpc) is 3.23. The molecule has 0 bridgehead atoms. The molecule has 0 spiro atoms. The van der Waals surface area contributed by atoms with E-state index < -0.39 is 0 Å². The van der Waals surface area contributed by atoms with Gasteiger partial charge in [0, 0.05) is 6.42 Å². The second-order valence-electron chi connectivity index (χ2n) is 7.58. The maximum Gasteiger partial charge on any atom is 0.230 e. The van der Waals surface area contributed by atoms with Crippen molar-refractivity contribution in [2.45, 2.75) is 52.5 Å². The van der Waals surface area contributed by atoms with Crippen LogP contribution in [0.5, 0.6) is 5.88 Å². The van der Waals surface area contributed by atoms with Gasteiger partial charge in [-0.3, -0.25) is 4.90 Å². The normalized spacial score (nSPS) is 17.6. The highest BCUT2D eigenvalue weighted by molar-refractivity contribution is 7.17. The zero-order valence-electron chi connectivity index (χ0n) is 16.4. The highest BCUT2D eigenvalue weighted by Gasteiger charge is 2.31. The molecule has 0 radical (unpaired) electrons. The topological polar surface area (TPSA) is 53.7 Å². The summed E-state index contributed by atoms with van der Waals surface area (Å²) in [6.45, 7) is 8.64. The molecule has 0 unspecified atom stereocenters. The van der Waals surface area contributed by atoms with Gasteiger partial charge in [-0.05, 0) is 49.4 Å². The fourth-order valence-electron chi connectivity index (χ4n) is 3.87. The van der Waals surface area contributed by atoms with Gasteiger partial charge in [-0.25, -0.2) is 4.98 Å². The Morgan fingerprint density at radius 2 is 1.85 bits per heavy atom. The summed E-state index contributed by atoms with van der Waals surface area (Å²) >= 11 is 1.57. The van der Waals surface area contributed by atoms with Gasteiger partial charge in [0.25, 0.3) is 0 Å². The number of benzene rings is 1. The highest BCUT2D eigenvalue weighted by atomic mass is 32.1. The molecule has 1 aromatic carbocycles. The van der Waals surface area contributed by atoms with Crippen LogP contribution in [0.3, 0.4) is 0 Å². The molecule has 144 valence electrons. The lowest BCUT2D eigenvalue weighted by molar-refractivity contribution is 0.157. The number of piperidine rings is 1. The predicted octanol–water partition coefficient (Wildman–Crippen LogP) is 4.44. The average molecular weight is 385 g/mol. The standard InChI is InChI=1S/C21H28N4OS/c1-4-15-6-8-16(9-7-15)18(24-12-10-14(3)11-13-24)19-20(26)25-21(27-19)22-17(5-2)23-25/h6-9,14,18,26H,4-5,10-13H2,1-3H3/t18-/m1/s1. The first-order chi connectivity index (χ1) is 13.1. The number of hydrogen-bond donors (Lipinski definition) is 1. The van der Waals surface area contributed by atoms with E-state index in [1.165, 1.54) is 24.0 Å². The summed E-state index contributed by atoms with van der Waals surface area (Å²) in [6.07, 6.45) is 4.21. The molecule has 0 amide bonds. The molecule has 0 saturated carbocycles. The largest absolute Gasteiger partial charge is 0.492 e. The maximum absolute atomic E-state index is 11.0. The number of aromatic nitrogens is 3. The SMILES string of the molecule is CCc1ccc([C@H](c2sc3nc(CC)nn3c2O)N2CCC(C)CC2)cc1. The van der Waals surface area contributed by atoms with E-state index in [0.717, 1.165) is 47.5 Å². The number of nitrogens with zero attached hydrogens (tertiary/aromatic N) is 4. The molecule has 5 nitrogen and oxygen atoms in total. The van der Waals surface area contributed by atoms with Gasteiger partial charge in [0.15, 0.2) is 5.82 Å². The Bertz CT molecular complexity index is 906. The van der Waals surface area contributed by atoms with Crippen LogP contribution in [0.4, 0.5) is 0 Å². The summed E-state index contributed by atoms with van der Waals surface area (Å²) in [5.41, 5.74) is 2.57. The third-order valence-electron chi connectivity index (χ3n) is 5.70. The summed E-state index contributed by atoms with van der Waals surface area (Å²) in [7, 11) is 0. The molecule has 1 N–H and O–H groups in total. The van der Waals surface area contributed by atoms with Crippen LogP contribution < -0.4 is 0 Å². The number of aryl methyl sites for hydroxylation is 2. The van der Waals surface area contributed by atoms with E-state index in [4.69, 9.17) is 0 Å². The van der Waals surface area contributed by atoms with Crippen LogP contribution in [0, 0.1) is 5.92 Å². The molecule has 2 aromatic heterocycles. The van der Waals surface area contributed by atoms with Crippen LogP contribution in [0.15, 0.2) is 24.3 Å². The monoisotopic (exact) mass is 384 g/mol. The molecule has 3 heterocycles. The first-order valence-electron chi connectivity index (χ1n) is 10.0. The molecule has 6 heteroatoms. The lowest BCUT2D eigenvalue weighted by Gasteiger charge is -2.36. The van der Waals surface area contributed by atoms with Crippen LogP contribution in [-0.4, -0.2) is 37.7 Å². The van der Waals surface area contributed by atoms with Crippen molar-refractivity contribution in [3.63, 3.8) is 0 Å². The van der Waals surface area contributed by atoms with E-state index in [2.05, 4.69) is 53.1 Å². The summed E-state index contributed by atoms with van der Waals surface area (Å²) in [5, 5.41) is 15.4. The quantitative estimate of drug-likeness (QED) is 0.706. The Morgan fingerprint density at radius 3 is 2.44 bits per heavy atom. The zero-order valence-corrected chi connectivity index (χ0v) is 17.2. The minimum Gasteiger partial charge on any atom is -0.492 e. The van der Waals surface area contributed by atoms with Crippen LogP contribution >= 0.6 is 11.3 Å². The number of fused-ring (bicyclic) bond motifs is 1. The van der Waals surface area contributed by atoms with Crippen molar-refractivity contribution in [2.24, 2.45) is 5.92 Å². The maximum atomic E-state index is 11.0. The van der Waals surface area contributed by atoms with Crippen molar-refractivity contribution in [1.82, 2.24) is 19.5 Å². The van der Waals surface area contributed by atoms with E-state index in [1.807, 2.05) is 6.92 Å². The van der Waals surface area contributed by atoms with Gasteiger partial charge in [-0.1, -0.05) is 56.4 Å². The molecule has 1 aliphatic heterocycles. The molecule has 1 atom stereocenters. The molecule has 27 heavy (non-hydrogen) atoms. The van der Waals surface area contributed by atoms with Crippen molar-refractivity contribution in [2.75, 3.05) is 13.1 Å². The lowest BCUT2D eigenvalue weighted by atomic mass is 9.94. The number of aromatic hydroxyl groups is 1. The van der Waals surface area contributed by atoms with Crippen molar-refractivity contribution in [3.8, 4) is 5.88 Å². The summed E-state index contributed by atoms with van der Waals surface area (Å²) in [5.74, 6) is 1.79. The Kier molecular flexibility index (Phi) is 5.19. The fourth-order valence-corrected chi connectivity index (χ4v) is 5.00. The number of rotatable bonds is 5. The third kappa shape index (κ3) is 3.48. The smallest absolute Gasteiger partial charge is 0.230 e. The van der Waals surface area contributed by atoms with Gasteiger partial charge in [0.1, 0.15) is 0 Å². The van der Waals surface area contributed by atoms with Crippen LogP contribution in [0.2, 0.25) is 0 Å². The molecule has 1 fully saturated rings. The number of likely N-dealkylation sites (tertiary alicyclic amines) is 1. The molecule has 3 aromatic rings. The van der Waals surface area contributed by atoms with Crippen molar-refractivity contribution in [3.05, 3.63) is 46.1 Å². The second kappa shape index (κ2) is 7.60. The van der Waals surface area contributed by atoms with Crippen molar-refractivity contribution in [1.29, 1.82) is 0 Å². The molecule has 1 saturated heterocycles. The van der Waals surface area contributed by atoms with Gasteiger partial charge in [0.05, 0.1) is 10.9 Å². The third-order valence-corrected chi connectivity index (χ3v) is 6.77. The van der Waals surface area contributed by atoms with E-state index in [9.17, 15) is 5.11 Å². The number of hydrogen-bond acceptors (Lipinski definition) is 5. The summed E-state index contributed by atoms with van der Waals surface area (Å²) < 4.78 is 1.61. The van der Waals surface area contributed by atoms with Gasteiger partial charge in [0.2, 0.25) is 10.8 Å². The summed E-state index contributed by atoms with van der Waals surface area (Å²) in [6, 6.07) is 8.90. The second-order valence-corrected chi connectivity index (χ2v) is 8.59. The van der Waals surface area contributed by atoms with Crippen LogP contribution in [0.25, 0.3) is 4.96 Å². The molecular formula is C21H28N4OS. The minimum atomic E-state index is 0.0574.